The predicted octanol–water partition coefficient (Wildman–Crippen LogP) is -0.717. The van der Waals surface area contributed by atoms with Crippen LogP contribution in [0, 0.1) is 0 Å². The summed E-state index contributed by atoms with van der Waals surface area (Å²) in [4.78, 5) is 19.4. The van der Waals surface area contributed by atoms with Gasteiger partial charge in [-0.1, -0.05) is 0 Å². The van der Waals surface area contributed by atoms with Gasteiger partial charge in [0.25, 0.3) is 0 Å². The van der Waals surface area contributed by atoms with Crippen molar-refractivity contribution in [1.82, 2.24) is 0 Å². The number of hydrogen-bond acceptors (Lipinski definition) is 6. The average molecular weight is 172 g/mol. The summed E-state index contributed by atoms with van der Waals surface area (Å²) in [6, 6.07) is 1.19. The van der Waals surface area contributed by atoms with Gasteiger partial charge < -0.3 is 9.25 Å². The smallest absolute Gasteiger partial charge is 0.229 e. The van der Waals surface area contributed by atoms with E-state index in [0.717, 1.165) is 6.26 Å². The second kappa shape index (κ2) is 3.86. The first-order valence-corrected chi connectivity index (χ1v) is 3.08. The Hall–Kier alpha value is -1.37. The first kappa shape index (κ1) is 8.72. The van der Waals surface area contributed by atoms with Gasteiger partial charge in [-0.15, -0.1) is 0 Å². The van der Waals surface area contributed by atoms with Crippen molar-refractivity contribution in [3.63, 3.8) is 0 Å². The number of hydrogen-bond donors (Lipinski definition) is 2. The normalized spacial score (nSPS) is 9.83. The maximum Gasteiger partial charge on any atom is 0.229 e. The second-order valence-electron chi connectivity index (χ2n) is 2.00. The lowest BCUT2D eigenvalue weighted by Crippen LogP contribution is -2.12. The third kappa shape index (κ3) is 1.82. The van der Waals surface area contributed by atoms with E-state index in [1.807, 2.05) is 0 Å². The summed E-state index contributed by atoms with van der Waals surface area (Å²) in [5.74, 6) is 9.77. The van der Waals surface area contributed by atoms with E-state index in [1.54, 1.807) is 0 Å². The van der Waals surface area contributed by atoms with Crippen molar-refractivity contribution in [2.75, 3.05) is 0 Å². The summed E-state index contributed by atoms with van der Waals surface area (Å²) >= 11 is 0. The van der Waals surface area contributed by atoms with Crippen molar-refractivity contribution in [3.8, 4) is 5.75 Å². The highest BCUT2D eigenvalue weighted by Gasteiger charge is 2.02. The third-order valence-corrected chi connectivity index (χ3v) is 1.20. The van der Waals surface area contributed by atoms with Crippen molar-refractivity contribution >= 4 is 0 Å². The Balaban J connectivity index is 2.94. The van der Waals surface area contributed by atoms with Crippen molar-refractivity contribution < 1.29 is 14.1 Å². The first-order valence-electron chi connectivity index (χ1n) is 3.08. The minimum atomic E-state index is -0.379. The van der Waals surface area contributed by atoms with Crippen molar-refractivity contribution in [1.29, 1.82) is 0 Å². The van der Waals surface area contributed by atoms with Crippen LogP contribution in [-0.4, -0.2) is 0 Å². The van der Waals surface area contributed by atoms with Crippen LogP contribution in [0.1, 0.15) is 5.76 Å². The van der Waals surface area contributed by atoms with E-state index in [4.69, 9.17) is 16.2 Å². The molecule has 1 heterocycles. The van der Waals surface area contributed by atoms with E-state index in [2.05, 4.69) is 9.68 Å². The molecule has 1 aromatic heterocycles. The fourth-order valence-corrected chi connectivity index (χ4v) is 0.682. The van der Waals surface area contributed by atoms with Gasteiger partial charge in [0.2, 0.25) is 11.2 Å². The van der Waals surface area contributed by atoms with E-state index < -0.39 is 0 Å². The van der Waals surface area contributed by atoms with Gasteiger partial charge in [-0.05, 0) is 0 Å². The molecule has 0 aliphatic rings. The van der Waals surface area contributed by atoms with E-state index >= 15 is 0 Å². The molecule has 0 amide bonds. The summed E-state index contributed by atoms with van der Waals surface area (Å²) < 4.78 is 4.86. The fourth-order valence-electron chi connectivity index (χ4n) is 0.682. The van der Waals surface area contributed by atoms with E-state index in [1.165, 1.54) is 6.07 Å². The quantitative estimate of drug-likeness (QED) is 0.583. The zero-order chi connectivity index (χ0) is 8.97. The Kier molecular flexibility index (Phi) is 2.81. The van der Waals surface area contributed by atoms with Gasteiger partial charge >= 0.3 is 0 Å². The molecule has 0 saturated carbocycles. The van der Waals surface area contributed by atoms with Crippen LogP contribution >= 0.6 is 0 Å². The molecule has 0 spiro atoms. The van der Waals surface area contributed by atoms with Gasteiger partial charge in [-0.3, -0.25) is 9.63 Å². The number of nitrogens with two attached hydrogens (primary N) is 2. The van der Waals surface area contributed by atoms with Gasteiger partial charge in [-0.25, -0.2) is 5.90 Å². The van der Waals surface area contributed by atoms with Gasteiger partial charge in [0.1, 0.15) is 18.6 Å². The Morgan fingerprint density at radius 2 is 2.25 bits per heavy atom. The molecule has 4 N–H and O–H groups in total. The molecule has 6 nitrogen and oxygen atoms in total. The Bertz CT molecular complexity index is 309. The molecule has 0 aromatic carbocycles. The van der Waals surface area contributed by atoms with Crippen LogP contribution in [0.15, 0.2) is 21.5 Å². The molecule has 0 bridgehead atoms. The van der Waals surface area contributed by atoms with Crippen molar-refractivity contribution in [2.45, 2.75) is 6.61 Å². The van der Waals surface area contributed by atoms with Gasteiger partial charge in [0.05, 0.1) is 0 Å². The predicted molar refractivity (Wildman–Crippen MR) is 38.8 cm³/mol. The highest BCUT2D eigenvalue weighted by molar-refractivity contribution is 5.16. The molecule has 0 atom stereocenters. The van der Waals surface area contributed by atoms with E-state index in [-0.39, 0.29) is 17.8 Å². The minimum Gasteiger partial charge on any atom is -0.463 e. The molecule has 0 aliphatic carbocycles. The monoisotopic (exact) mass is 172 g/mol. The lowest BCUT2D eigenvalue weighted by molar-refractivity contribution is 0.106. The zero-order valence-corrected chi connectivity index (χ0v) is 6.15. The largest absolute Gasteiger partial charge is 0.463 e. The Morgan fingerprint density at radius 3 is 2.75 bits per heavy atom. The summed E-state index contributed by atoms with van der Waals surface area (Å²) in [6.07, 6.45) is 1.09. The fraction of sp³-hybridized carbons (Fsp3) is 0.167. The SMILES string of the molecule is NOCc1cc(=O)c(ON)co1. The zero-order valence-electron chi connectivity index (χ0n) is 6.15. The molecule has 6 heteroatoms. The summed E-state index contributed by atoms with van der Waals surface area (Å²) in [6.45, 7) is 0.0279. The van der Waals surface area contributed by atoms with Crippen LogP contribution in [0.5, 0.6) is 5.75 Å². The second-order valence-corrected chi connectivity index (χ2v) is 2.00. The number of rotatable bonds is 3. The van der Waals surface area contributed by atoms with E-state index in [9.17, 15) is 4.79 Å². The average Bonchev–Trinajstić information content (AvgIpc) is 2.05. The molecule has 0 radical (unpaired) electrons. The van der Waals surface area contributed by atoms with Crippen LogP contribution in [-0.2, 0) is 11.4 Å². The topological polar surface area (TPSA) is 101 Å². The molecule has 12 heavy (non-hydrogen) atoms. The molecule has 0 fully saturated rings. The van der Waals surface area contributed by atoms with Crippen molar-refractivity contribution in [3.05, 3.63) is 28.3 Å². The van der Waals surface area contributed by atoms with Gasteiger partial charge in [-0.2, -0.15) is 5.90 Å². The molecular formula is C6H8N2O4. The molecule has 0 aliphatic heterocycles. The summed E-state index contributed by atoms with van der Waals surface area (Å²) in [5.41, 5.74) is -0.379. The molecule has 66 valence electrons. The standard InChI is InChI=1S/C6H8N2O4/c7-11-2-4-1-5(9)6(12-8)3-10-4/h1,3H,2,7-8H2. The van der Waals surface area contributed by atoms with Crippen LogP contribution in [0.4, 0.5) is 0 Å². The van der Waals surface area contributed by atoms with Gasteiger partial charge in [0.15, 0.2) is 0 Å². The molecule has 1 rings (SSSR count). The first-order chi connectivity index (χ1) is 5.77. The molecule has 1 aromatic rings. The van der Waals surface area contributed by atoms with Crippen LogP contribution in [0.25, 0.3) is 0 Å². The summed E-state index contributed by atoms with van der Waals surface area (Å²) in [5, 5.41) is 0. The Labute approximate surface area is 67.6 Å². The van der Waals surface area contributed by atoms with Crippen LogP contribution in [0.3, 0.4) is 0 Å². The highest BCUT2D eigenvalue weighted by atomic mass is 16.6. The molecule has 0 saturated heterocycles. The lowest BCUT2D eigenvalue weighted by atomic mass is 10.4. The molecular weight excluding hydrogens is 164 g/mol. The van der Waals surface area contributed by atoms with Crippen molar-refractivity contribution in [2.24, 2.45) is 11.8 Å². The highest BCUT2D eigenvalue weighted by Crippen LogP contribution is 2.04. The van der Waals surface area contributed by atoms with Crippen LogP contribution < -0.4 is 22.1 Å². The van der Waals surface area contributed by atoms with Gasteiger partial charge in [0, 0.05) is 6.07 Å². The lowest BCUT2D eigenvalue weighted by Gasteiger charge is -1.98. The van der Waals surface area contributed by atoms with Crippen LogP contribution in [0.2, 0.25) is 0 Å². The Morgan fingerprint density at radius 1 is 1.50 bits per heavy atom. The summed E-state index contributed by atoms with van der Waals surface area (Å²) in [7, 11) is 0. The third-order valence-electron chi connectivity index (χ3n) is 1.20. The molecule has 0 unspecified atom stereocenters. The minimum absolute atomic E-state index is 0.0279. The maximum absolute atomic E-state index is 11.0. The van der Waals surface area contributed by atoms with E-state index in [0.29, 0.717) is 5.76 Å². The maximum atomic E-state index is 11.0.